The lowest BCUT2D eigenvalue weighted by atomic mass is 9.85. The van der Waals surface area contributed by atoms with Gasteiger partial charge in [0.15, 0.2) is 0 Å². The predicted molar refractivity (Wildman–Crippen MR) is 295 cm³/mol. The van der Waals surface area contributed by atoms with E-state index in [1.54, 1.807) is 17.7 Å². The van der Waals surface area contributed by atoms with Gasteiger partial charge in [0.2, 0.25) is 17.7 Å². The molecule has 0 saturated carbocycles. The van der Waals surface area contributed by atoms with E-state index in [2.05, 4.69) is 76.0 Å². The lowest BCUT2D eigenvalue weighted by Gasteiger charge is -2.35. The molecule has 18 nitrogen and oxygen atoms in total. The number of aliphatic hydroxyl groups is 1. The van der Waals surface area contributed by atoms with Crippen molar-refractivity contribution < 1.29 is 38.4 Å². The van der Waals surface area contributed by atoms with Crippen LogP contribution in [0.3, 0.4) is 0 Å². The molecule has 2 aliphatic heterocycles. The van der Waals surface area contributed by atoms with Crippen LogP contribution in [0.4, 0.5) is 5.82 Å². The molecule has 0 radical (unpaired) electrons. The van der Waals surface area contributed by atoms with Crippen LogP contribution in [0.2, 0.25) is 5.02 Å². The molecular formula is C56H71ClN10O8S. The molecule has 2 aliphatic rings. The third-order valence-electron chi connectivity index (χ3n) is 13.6. The number of thiazole rings is 1. The molecule has 0 unspecified atom stereocenters. The first-order chi connectivity index (χ1) is 36.8. The number of piperazine rings is 1. The van der Waals surface area contributed by atoms with Crippen molar-refractivity contribution in [3.8, 4) is 21.7 Å². The third-order valence-corrected chi connectivity index (χ3v) is 14.9. The number of halogens is 1. The van der Waals surface area contributed by atoms with Gasteiger partial charge in [-0.3, -0.25) is 24.2 Å². The Morgan fingerprint density at radius 2 is 1.47 bits per heavy atom. The van der Waals surface area contributed by atoms with Gasteiger partial charge >= 0.3 is 0 Å². The number of benzene rings is 3. The van der Waals surface area contributed by atoms with Gasteiger partial charge in [0.1, 0.15) is 36.5 Å². The number of amides is 3. The minimum Gasteiger partial charge on any atom is -0.391 e. The molecule has 0 bridgehead atoms. The van der Waals surface area contributed by atoms with E-state index in [9.17, 15) is 19.5 Å². The van der Waals surface area contributed by atoms with Gasteiger partial charge < -0.3 is 49.9 Å². The maximum atomic E-state index is 14.0. The molecule has 6 aromatic rings. The maximum absolute atomic E-state index is 14.0. The van der Waals surface area contributed by atoms with Gasteiger partial charge in [0.25, 0.3) is 0 Å². The number of aryl methyl sites for hydroxylation is 1. The molecule has 5 heterocycles. The van der Waals surface area contributed by atoms with E-state index in [1.165, 1.54) is 10.5 Å². The Bertz CT molecular complexity index is 2820. The predicted octanol–water partition coefficient (Wildman–Crippen LogP) is 6.32. The third kappa shape index (κ3) is 15.9. The highest BCUT2D eigenvalue weighted by Gasteiger charge is 2.44. The molecule has 3 atom stereocenters. The van der Waals surface area contributed by atoms with Gasteiger partial charge in [-0.05, 0) is 52.3 Å². The van der Waals surface area contributed by atoms with E-state index in [4.69, 9.17) is 30.5 Å². The Hall–Kier alpha value is -5.87. The lowest BCUT2D eigenvalue weighted by molar-refractivity contribution is -0.144. The number of hydrogen-bond acceptors (Lipinski definition) is 15. The second-order valence-corrected chi connectivity index (χ2v) is 21.5. The zero-order valence-electron chi connectivity index (χ0n) is 43.9. The number of H-pyrrole nitrogens is 1. The summed E-state index contributed by atoms with van der Waals surface area (Å²) in [5.41, 5.74) is 9.18. The SMILES string of the molecule is Cc1ncsc1-c1ccc(CNC(=O)[C@@H]2C[C@@H](O)CN2C(=O)[C@@H](NC(=O)COCCOCCOCCOCCN2CCN(Cc3ccc(-c4cc5c(NCc6ccccc6Cl)ncnc5[nH]4)cc3)CC2)C(C)(C)C)cc1. The van der Waals surface area contributed by atoms with Crippen molar-refractivity contribution in [2.24, 2.45) is 5.41 Å². The average molecular weight is 1080 g/mol. The number of aromatic nitrogens is 4. The van der Waals surface area contributed by atoms with Gasteiger partial charge in [-0.1, -0.05) is 99.1 Å². The number of nitrogens with zero attached hydrogens (tertiary/aromatic N) is 6. The van der Waals surface area contributed by atoms with E-state index in [1.807, 2.05) is 81.7 Å². The molecular weight excluding hydrogens is 1010 g/mol. The van der Waals surface area contributed by atoms with Crippen molar-refractivity contribution >= 4 is 57.5 Å². The second kappa shape index (κ2) is 27.4. The first-order valence-corrected chi connectivity index (χ1v) is 27.3. The highest BCUT2D eigenvalue weighted by Crippen LogP contribution is 2.30. The summed E-state index contributed by atoms with van der Waals surface area (Å²) >= 11 is 7.94. The first kappa shape index (κ1) is 56.3. The van der Waals surface area contributed by atoms with Crippen LogP contribution in [0.15, 0.2) is 90.7 Å². The molecule has 5 N–H and O–H groups in total. The number of ether oxygens (including phenoxy) is 4. The van der Waals surface area contributed by atoms with Crippen molar-refractivity contribution in [3.63, 3.8) is 0 Å². The Balaban J connectivity index is 0.639. The molecule has 8 rings (SSSR count). The number of carbonyl (C=O) groups is 3. The van der Waals surface area contributed by atoms with Crippen LogP contribution in [0.1, 0.15) is 49.6 Å². The summed E-state index contributed by atoms with van der Waals surface area (Å²) in [6, 6.07) is 24.6. The van der Waals surface area contributed by atoms with E-state index in [-0.39, 0.29) is 45.2 Å². The summed E-state index contributed by atoms with van der Waals surface area (Å²) < 4.78 is 22.7. The second-order valence-electron chi connectivity index (χ2n) is 20.3. The molecule has 3 amide bonds. The standard InChI is InChI=1S/C56H71ClN10O8S/c1-38-50(76-37-62-38)42-15-9-39(10-16-42)31-59-54(70)48-29-44(68)34-67(48)55(71)51(56(2,3)4)64-49(69)35-75-28-27-74-26-25-73-24-23-72-22-21-65-17-19-66(20-18-65)33-40-11-13-41(14-12-40)47-30-45-52(60-36-61-53(45)63-47)58-32-43-7-5-6-8-46(43)57/h5-16,30,36-37,44,48,51,68H,17-29,31-35H2,1-4H3,(H,59,70)(H,64,69)(H2,58,60,61,63)/t44-,48+,51-/m1/s1. The van der Waals surface area contributed by atoms with E-state index >= 15 is 0 Å². The van der Waals surface area contributed by atoms with Crippen molar-refractivity contribution in [1.82, 2.24) is 45.3 Å². The molecule has 2 saturated heterocycles. The zero-order chi connectivity index (χ0) is 53.4. The molecule has 76 heavy (non-hydrogen) atoms. The maximum Gasteiger partial charge on any atom is 0.246 e. The van der Waals surface area contributed by atoms with Crippen LogP contribution in [0.5, 0.6) is 0 Å². The minimum absolute atomic E-state index is 0.00896. The summed E-state index contributed by atoms with van der Waals surface area (Å²) in [5, 5.41) is 21.4. The first-order valence-electron chi connectivity index (χ1n) is 26.0. The number of nitrogens with one attached hydrogen (secondary N) is 4. The number of aliphatic hydroxyl groups excluding tert-OH is 1. The number of rotatable bonds is 26. The zero-order valence-corrected chi connectivity index (χ0v) is 45.5. The Labute approximate surface area is 453 Å². The van der Waals surface area contributed by atoms with Gasteiger partial charge in [-0.2, -0.15) is 0 Å². The van der Waals surface area contributed by atoms with Crippen LogP contribution in [0, 0.1) is 12.3 Å². The van der Waals surface area contributed by atoms with Crippen LogP contribution >= 0.6 is 22.9 Å². The summed E-state index contributed by atoms with van der Waals surface area (Å²) in [6.07, 6.45) is 0.803. The molecule has 0 spiro atoms. The summed E-state index contributed by atoms with van der Waals surface area (Å²) in [7, 11) is 0. The number of β-amino-alcohol motifs (C(OH)–C–C–N with tert-alkyl or cyclic N) is 1. The van der Waals surface area contributed by atoms with Crippen LogP contribution in [-0.4, -0.2) is 168 Å². The van der Waals surface area contributed by atoms with Crippen molar-refractivity contribution in [2.75, 3.05) is 97.4 Å². The van der Waals surface area contributed by atoms with E-state index in [0.717, 1.165) is 99.7 Å². The fourth-order valence-electron chi connectivity index (χ4n) is 9.28. The monoisotopic (exact) mass is 1080 g/mol. The molecule has 0 aliphatic carbocycles. The van der Waals surface area contributed by atoms with Gasteiger partial charge in [-0.15, -0.1) is 11.3 Å². The highest BCUT2D eigenvalue weighted by molar-refractivity contribution is 7.13. The topological polar surface area (TPSA) is 209 Å². The molecule has 3 aromatic heterocycles. The fourth-order valence-corrected chi connectivity index (χ4v) is 10.3. The summed E-state index contributed by atoms with van der Waals surface area (Å²) in [5.74, 6) is -0.510. The number of hydrogen-bond donors (Lipinski definition) is 5. The van der Waals surface area contributed by atoms with E-state index in [0.29, 0.717) is 39.6 Å². The van der Waals surface area contributed by atoms with Crippen LogP contribution in [-0.2, 0) is 53.0 Å². The van der Waals surface area contributed by atoms with Crippen LogP contribution in [0.25, 0.3) is 32.7 Å². The van der Waals surface area contributed by atoms with Gasteiger partial charge in [-0.25, -0.2) is 15.0 Å². The number of aromatic amines is 1. The fraction of sp³-hybridized carbons (Fsp3) is 0.464. The Morgan fingerprint density at radius 1 is 0.816 bits per heavy atom. The lowest BCUT2D eigenvalue weighted by Crippen LogP contribution is -2.58. The van der Waals surface area contributed by atoms with Gasteiger partial charge in [0.05, 0.1) is 73.8 Å². The molecule has 3 aromatic carbocycles. The average Bonchev–Trinajstić information content (AvgIpc) is 4.17. The van der Waals surface area contributed by atoms with Crippen molar-refractivity contribution in [2.45, 2.75) is 71.9 Å². The molecule has 20 heteroatoms. The van der Waals surface area contributed by atoms with Crippen LogP contribution < -0.4 is 16.0 Å². The highest BCUT2D eigenvalue weighted by atomic mass is 35.5. The van der Waals surface area contributed by atoms with Crippen molar-refractivity contribution in [1.29, 1.82) is 0 Å². The number of fused-ring (bicyclic) bond motifs is 1. The number of carbonyl (C=O) groups excluding carboxylic acids is 3. The van der Waals surface area contributed by atoms with E-state index < -0.39 is 35.4 Å². The smallest absolute Gasteiger partial charge is 0.246 e. The largest absolute Gasteiger partial charge is 0.391 e. The molecule has 2 fully saturated rings. The minimum atomic E-state index is -0.955. The number of anilines is 1. The molecule has 406 valence electrons. The normalized spacial score (nSPS) is 16.8. The summed E-state index contributed by atoms with van der Waals surface area (Å²) in [4.78, 5) is 64.5. The van der Waals surface area contributed by atoms with Crippen molar-refractivity contribution in [3.05, 3.63) is 118 Å². The number of likely N-dealkylation sites (tertiary alicyclic amines) is 1. The summed E-state index contributed by atoms with van der Waals surface area (Å²) in [6.45, 7) is 16.6. The Kier molecular flexibility index (Phi) is 20.3. The Morgan fingerprint density at radius 3 is 2.16 bits per heavy atom. The van der Waals surface area contributed by atoms with Gasteiger partial charge in [0, 0.05) is 76.0 Å². The quantitative estimate of drug-likeness (QED) is 0.0377.